The Bertz CT molecular complexity index is 1250. The number of hydrogen-bond acceptors (Lipinski definition) is 5. The molecule has 1 aliphatic rings. The Morgan fingerprint density at radius 3 is 1.92 bits per heavy atom. The van der Waals surface area contributed by atoms with E-state index in [0.29, 0.717) is 60.2 Å². The van der Waals surface area contributed by atoms with Gasteiger partial charge in [0, 0.05) is 42.5 Å². The molecule has 0 atom stereocenters. The summed E-state index contributed by atoms with van der Waals surface area (Å²) in [6.45, 7) is 4.82. The molecule has 37 heavy (non-hydrogen) atoms. The van der Waals surface area contributed by atoms with Gasteiger partial charge in [0.15, 0.2) is 0 Å². The molecule has 9 heteroatoms. The predicted molar refractivity (Wildman–Crippen MR) is 138 cm³/mol. The third kappa shape index (κ3) is 6.56. The smallest absolute Gasteiger partial charge is 0.321 e. The number of rotatable bonds is 7. The van der Waals surface area contributed by atoms with Crippen molar-refractivity contribution in [2.75, 3.05) is 18.4 Å². The third-order valence-corrected chi connectivity index (χ3v) is 6.55. The molecule has 0 spiro atoms. The van der Waals surface area contributed by atoms with E-state index in [2.05, 4.69) is 5.32 Å². The quantitative estimate of drug-likeness (QED) is 0.389. The number of amides is 3. The van der Waals surface area contributed by atoms with Crippen LogP contribution in [0.1, 0.15) is 37.0 Å². The average molecular weight is 508 g/mol. The lowest BCUT2D eigenvalue weighted by Crippen LogP contribution is -2.50. The number of halogens is 1. The number of nitrogens with zero attached hydrogens (tertiary/aromatic N) is 1. The fourth-order valence-corrected chi connectivity index (χ4v) is 4.10. The molecule has 3 amide bonds. The Hall–Kier alpha value is -4.11. The van der Waals surface area contributed by atoms with Crippen molar-refractivity contribution >= 4 is 17.6 Å². The van der Waals surface area contributed by atoms with Gasteiger partial charge in [-0.1, -0.05) is 13.8 Å². The maximum Gasteiger partial charge on any atom is 0.321 e. The molecule has 4 rings (SSSR count). The summed E-state index contributed by atoms with van der Waals surface area (Å²) in [5, 5.41) is 13.6. The number of nitrogens with one attached hydrogen (secondary N) is 1. The Kier molecular flexibility index (Phi) is 7.63. The first-order chi connectivity index (χ1) is 17.6. The lowest BCUT2D eigenvalue weighted by Gasteiger charge is -2.40. The summed E-state index contributed by atoms with van der Waals surface area (Å²) in [5.41, 5.74) is 5.30. The Labute approximate surface area is 214 Å². The maximum atomic E-state index is 13.3. The summed E-state index contributed by atoms with van der Waals surface area (Å²) in [6.07, 6.45) is 1.00. The molecular weight excluding hydrogens is 477 g/mol. The minimum absolute atomic E-state index is 0.106. The van der Waals surface area contributed by atoms with Crippen molar-refractivity contribution in [1.29, 1.82) is 0 Å². The molecule has 0 aliphatic carbocycles. The molecule has 1 aliphatic heterocycles. The van der Waals surface area contributed by atoms with Gasteiger partial charge < -0.3 is 30.5 Å². The second-order valence-electron chi connectivity index (χ2n) is 9.42. The maximum absolute atomic E-state index is 13.3. The minimum atomic E-state index is -0.773. The van der Waals surface area contributed by atoms with Crippen molar-refractivity contribution in [3.63, 3.8) is 0 Å². The van der Waals surface area contributed by atoms with Gasteiger partial charge in [-0.15, -0.1) is 0 Å². The van der Waals surface area contributed by atoms with E-state index in [1.807, 2.05) is 13.8 Å². The number of carbonyl (C=O) groups is 2. The van der Waals surface area contributed by atoms with Crippen molar-refractivity contribution in [3.8, 4) is 23.0 Å². The number of aliphatic hydroxyl groups is 1. The highest BCUT2D eigenvalue weighted by molar-refractivity contribution is 5.93. The number of likely N-dealkylation sites (tertiary alicyclic amines) is 1. The summed E-state index contributed by atoms with van der Waals surface area (Å²) in [7, 11) is 0. The van der Waals surface area contributed by atoms with E-state index in [1.54, 1.807) is 47.4 Å². The van der Waals surface area contributed by atoms with Gasteiger partial charge in [-0.2, -0.15) is 0 Å². The molecule has 0 aromatic heterocycles. The molecule has 3 aromatic rings. The lowest BCUT2D eigenvalue weighted by molar-refractivity contribution is -0.0481. The van der Waals surface area contributed by atoms with Crippen molar-refractivity contribution in [2.24, 2.45) is 11.7 Å². The van der Waals surface area contributed by atoms with Crippen LogP contribution in [0.15, 0.2) is 66.7 Å². The number of benzene rings is 3. The van der Waals surface area contributed by atoms with Gasteiger partial charge in [-0.3, -0.25) is 4.79 Å². The summed E-state index contributed by atoms with van der Waals surface area (Å²) in [4.78, 5) is 26.0. The largest absolute Gasteiger partial charge is 0.457 e. The number of carbonyl (C=O) groups excluding carboxylic acids is 2. The summed E-state index contributed by atoms with van der Waals surface area (Å²) < 4.78 is 25.1. The SMILES string of the molecule is CC(C)C1(O)CCN(C(=O)Nc2cc(Oc3ccc(F)cc3)cc(Oc3ccc(C(N)=O)cc3)c2)CC1. The molecule has 0 radical (unpaired) electrons. The first kappa shape index (κ1) is 26.0. The van der Waals surface area contributed by atoms with E-state index >= 15 is 0 Å². The van der Waals surface area contributed by atoms with Crippen LogP contribution in [0.4, 0.5) is 14.9 Å². The van der Waals surface area contributed by atoms with Crippen molar-refractivity contribution in [3.05, 3.63) is 78.1 Å². The Morgan fingerprint density at radius 1 is 0.919 bits per heavy atom. The van der Waals surface area contributed by atoms with Crippen LogP contribution in [0.2, 0.25) is 0 Å². The van der Waals surface area contributed by atoms with E-state index in [1.165, 1.54) is 24.3 Å². The van der Waals surface area contributed by atoms with E-state index in [9.17, 15) is 19.1 Å². The number of ether oxygens (including phenoxy) is 2. The average Bonchev–Trinajstić information content (AvgIpc) is 2.86. The number of hydrogen-bond donors (Lipinski definition) is 3. The fourth-order valence-electron chi connectivity index (χ4n) is 4.10. The highest BCUT2D eigenvalue weighted by atomic mass is 19.1. The van der Waals surface area contributed by atoms with E-state index in [-0.39, 0.29) is 17.8 Å². The molecule has 0 unspecified atom stereocenters. The molecule has 8 nitrogen and oxygen atoms in total. The second-order valence-corrected chi connectivity index (χ2v) is 9.42. The number of nitrogens with two attached hydrogens (primary N) is 1. The van der Waals surface area contributed by atoms with E-state index < -0.39 is 11.5 Å². The van der Waals surface area contributed by atoms with Crippen LogP contribution in [-0.4, -0.2) is 40.6 Å². The molecule has 1 saturated heterocycles. The molecule has 3 aromatic carbocycles. The Morgan fingerprint density at radius 2 is 1.43 bits per heavy atom. The lowest BCUT2D eigenvalue weighted by atomic mass is 9.82. The first-order valence-electron chi connectivity index (χ1n) is 12.1. The zero-order valence-corrected chi connectivity index (χ0v) is 20.7. The van der Waals surface area contributed by atoms with Gasteiger partial charge in [-0.25, -0.2) is 9.18 Å². The third-order valence-electron chi connectivity index (χ3n) is 6.55. The number of piperidine rings is 1. The van der Waals surface area contributed by atoms with Crippen LogP contribution in [-0.2, 0) is 0 Å². The van der Waals surface area contributed by atoms with Crippen molar-refractivity contribution in [2.45, 2.75) is 32.3 Å². The number of primary amides is 1. The molecule has 0 saturated carbocycles. The fraction of sp³-hybridized carbons (Fsp3) is 0.286. The topological polar surface area (TPSA) is 114 Å². The van der Waals surface area contributed by atoms with Crippen LogP contribution in [0.3, 0.4) is 0 Å². The van der Waals surface area contributed by atoms with E-state index in [4.69, 9.17) is 15.2 Å². The molecule has 1 fully saturated rings. The zero-order chi connectivity index (χ0) is 26.6. The van der Waals surface area contributed by atoms with Crippen LogP contribution >= 0.6 is 0 Å². The standard InChI is InChI=1S/C28H30FN3O5/c1-18(2)28(35)11-13-32(14-12-28)27(34)31-21-15-24(36-22-7-3-19(4-8-22)26(30)33)17-25(16-21)37-23-9-5-20(29)6-10-23/h3-10,15-18,35H,11-14H2,1-2H3,(H2,30,33)(H,31,34). The molecule has 194 valence electrons. The Balaban J connectivity index is 1.54. The summed E-state index contributed by atoms with van der Waals surface area (Å²) in [5.74, 6) is 0.764. The zero-order valence-electron chi connectivity index (χ0n) is 20.7. The molecule has 4 N–H and O–H groups in total. The highest BCUT2D eigenvalue weighted by Crippen LogP contribution is 2.34. The summed E-state index contributed by atoms with van der Waals surface area (Å²) in [6, 6.07) is 16.5. The van der Waals surface area contributed by atoms with Gasteiger partial charge in [0.2, 0.25) is 5.91 Å². The normalized spacial score (nSPS) is 14.8. The predicted octanol–water partition coefficient (Wildman–Crippen LogP) is 5.52. The van der Waals surface area contributed by atoms with Gasteiger partial charge in [-0.05, 0) is 67.3 Å². The van der Waals surface area contributed by atoms with Crippen LogP contribution in [0, 0.1) is 11.7 Å². The van der Waals surface area contributed by atoms with Crippen molar-refractivity contribution in [1.82, 2.24) is 4.90 Å². The van der Waals surface area contributed by atoms with Gasteiger partial charge in [0.25, 0.3) is 0 Å². The molecule has 0 bridgehead atoms. The van der Waals surface area contributed by atoms with Crippen LogP contribution in [0.5, 0.6) is 23.0 Å². The summed E-state index contributed by atoms with van der Waals surface area (Å²) >= 11 is 0. The van der Waals surface area contributed by atoms with E-state index in [0.717, 1.165) is 0 Å². The van der Waals surface area contributed by atoms with Crippen LogP contribution in [0.25, 0.3) is 0 Å². The number of anilines is 1. The molecule has 1 heterocycles. The highest BCUT2D eigenvalue weighted by Gasteiger charge is 2.36. The first-order valence-corrected chi connectivity index (χ1v) is 12.1. The van der Waals surface area contributed by atoms with Gasteiger partial charge >= 0.3 is 6.03 Å². The second kappa shape index (κ2) is 10.9. The van der Waals surface area contributed by atoms with Crippen LogP contribution < -0.4 is 20.5 Å². The monoisotopic (exact) mass is 507 g/mol. The molecular formula is C28H30FN3O5. The minimum Gasteiger partial charge on any atom is -0.457 e. The number of urea groups is 1. The van der Waals surface area contributed by atoms with Gasteiger partial charge in [0.1, 0.15) is 28.8 Å². The van der Waals surface area contributed by atoms with Crippen molar-refractivity contribution < 1.29 is 28.6 Å². The van der Waals surface area contributed by atoms with Gasteiger partial charge in [0.05, 0.1) is 5.60 Å².